The van der Waals surface area contributed by atoms with Crippen molar-refractivity contribution in [2.45, 2.75) is 51.6 Å². The first-order chi connectivity index (χ1) is 20.2. The molecule has 1 saturated heterocycles. The van der Waals surface area contributed by atoms with Crippen molar-refractivity contribution in [1.82, 2.24) is 9.80 Å². The highest BCUT2D eigenvalue weighted by Gasteiger charge is 2.47. The van der Waals surface area contributed by atoms with E-state index in [-0.39, 0.29) is 25.2 Å². The van der Waals surface area contributed by atoms with E-state index in [0.717, 1.165) is 29.7 Å². The lowest BCUT2D eigenvalue weighted by Gasteiger charge is -2.31. The lowest BCUT2D eigenvalue weighted by molar-refractivity contribution is -0.143. The highest BCUT2D eigenvalue weighted by molar-refractivity contribution is 5.95. The average molecular weight is 583 g/mol. The van der Waals surface area contributed by atoms with Crippen LogP contribution >= 0.6 is 0 Å². The first-order valence-corrected chi connectivity index (χ1v) is 14.4. The number of methoxy groups -OCH3 is 1. The number of hydrogen-bond donors (Lipinski definition) is 2. The molecule has 0 radical (unpaired) electrons. The molecule has 228 valence electrons. The molecule has 0 saturated carbocycles. The molecule has 2 aromatic carbocycles. The molecule has 3 atom stereocenters. The number of carboxylic acid groups (broad SMARTS) is 1. The van der Waals surface area contributed by atoms with Gasteiger partial charge in [0.25, 0.3) is 0 Å². The molecule has 2 aliphatic heterocycles. The molecule has 1 fully saturated rings. The zero-order chi connectivity index (χ0) is 30.4. The van der Waals surface area contributed by atoms with Gasteiger partial charge in [-0.1, -0.05) is 25.5 Å². The molecule has 42 heavy (non-hydrogen) atoms. The highest BCUT2D eigenvalue weighted by Crippen LogP contribution is 2.47. The summed E-state index contributed by atoms with van der Waals surface area (Å²) in [6.07, 6.45) is 2.14. The third-order valence-electron chi connectivity index (χ3n) is 8.27. The van der Waals surface area contributed by atoms with Crippen molar-refractivity contribution in [1.29, 1.82) is 0 Å². The van der Waals surface area contributed by atoms with E-state index in [1.807, 2.05) is 29.2 Å². The van der Waals surface area contributed by atoms with Gasteiger partial charge >= 0.3 is 5.97 Å². The number of ether oxygens (including phenoxy) is 3. The Morgan fingerprint density at radius 2 is 1.95 bits per heavy atom. The number of amides is 2. The summed E-state index contributed by atoms with van der Waals surface area (Å²) in [6, 6.07) is 10.8. The molecule has 1 unspecified atom stereocenters. The van der Waals surface area contributed by atoms with Gasteiger partial charge in [-0.15, -0.1) is 0 Å². The number of carbonyl (C=O) groups is 3. The second kappa shape index (κ2) is 13.9. The van der Waals surface area contributed by atoms with E-state index in [1.54, 1.807) is 29.0 Å². The van der Waals surface area contributed by atoms with Crippen molar-refractivity contribution in [3.05, 3.63) is 47.5 Å². The van der Waals surface area contributed by atoms with Gasteiger partial charge in [0, 0.05) is 57.8 Å². The number of carbonyl (C=O) groups excluding carboxylic acids is 2. The number of unbranched alkanes of at least 4 members (excludes halogenated alkanes) is 1. The second-order valence-electron chi connectivity index (χ2n) is 10.9. The van der Waals surface area contributed by atoms with Crippen LogP contribution in [0.15, 0.2) is 36.4 Å². The fraction of sp³-hybridized carbons (Fsp3) is 0.516. The molecular weight excluding hydrogens is 540 g/mol. The largest absolute Gasteiger partial charge is 0.493 e. The Labute approximate surface area is 247 Å². The number of anilines is 1. The zero-order valence-electron chi connectivity index (χ0n) is 24.9. The molecule has 11 nitrogen and oxygen atoms in total. The number of likely N-dealkylation sites (tertiary alicyclic amines) is 1. The van der Waals surface area contributed by atoms with Crippen LogP contribution in [0.5, 0.6) is 17.2 Å². The van der Waals surface area contributed by atoms with E-state index in [4.69, 9.17) is 19.9 Å². The predicted molar refractivity (Wildman–Crippen MR) is 158 cm³/mol. The van der Waals surface area contributed by atoms with Gasteiger partial charge in [-0.25, -0.2) is 0 Å². The Hall–Kier alpha value is -3.83. The van der Waals surface area contributed by atoms with Crippen molar-refractivity contribution in [2.75, 3.05) is 52.0 Å². The van der Waals surface area contributed by atoms with Crippen LogP contribution in [0.1, 0.15) is 50.2 Å². The molecule has 11 heteroatoms. The summed E-state index contributed by atoms with van der Waals surface area (Å²) in [5, 5.41) is 10.5. The van der Waals surface area contributed by atoms with Crippen molar-refractivity contribution in [2.24, 2.45) is 11.7 Å². The minimum Gasteiger partial charge on any atom is -0.493 e. The molecule has 0 bridgehead atoms. The van der Waals surface area contributed by atoms with Crippen LogP contribution < -0.4 is 24.8 Å². The van der Waals surface area contributed by atoms with E-state index in [0.29, 0.717) is 49.8 Å². The Morgan fingerprint density at radius 1 is 1.17 bits per heavy atom. The Morgan fingerprint density at radius 3 is 2.62 bits per heavy atom. The monoisotopic (exact) mass is 582 g/mol. The van der Waals surface area contributed by atoms with Crippen LogP contribution in [0.2, 0.25) is 0 Å². The second-order valence-corrected chi connectivity index (χ2v) is 10.9. The number of hydrogen-bond acceptors (Lipinski definition) is 8. The molecule has 2 aromatic rings. The molecule has 2 heterocycles. The first kappa shape index (κ1) is 31.1. The van der Waals surface area contributed by atoms with Gasteiger partial charge in [-0.2, -0.15) is 0 Å². The van der Waals surface area contributed by atoms with Gasteiger partial charge in [0.15, 0.2) is 11.5 Å². The van der Waals surface area contributed by atoms with Gasteiger partial charge < -0.3 is 34.9 Å². The SMILES string of the molecule is CCCCN(C(=O)CN1C[C@H](c2cc(OC)c3c(c2)OCO3)C(C(=O)O)[C@@H]1CCN(C)C(C)=O)c1cccc(CN)c1. The topological polar surface area (TPSA) is 135 Å². The van der Waals surface area contributed by atoms with Crippen LogP contribution in [-0.4, -0.2) is 85.9 Å². The summed E-state index contributed by atoms with van der Waals surface area (Å²) in [4.78, 5) is 44.1. The fourth-order valence-electron chi connectivity index (χ4n) is 5.86. The summed E-state index contributed by atoms with van der Waals surface area (Å²) in [5.41, 5.74) is 8.31. The standard InChI is InChI=1S/C31H42N4O7/c1-5-6-11-35(23-9-7-8-21(13-23)16-32)28(37)18-34-17-24(22-14-26(40-4)30-27(15-22)41-19-42-30)29(31(38)39)25(34)10-12-33(3)20(2)36/h7-9,13-15,24-25,29H,5-6,10-12,16-19,32H2,1-4H3,(H,38,39)/t24-,25+,29?/m1/s1. The highest BCUT2D eigenvalue weighted by atomic mass is 16.7. The Kier molecular flexibility index (Phi) is 10.3. The third-order valence-corrected chi connectivity index (χ3v) is 8.27. The van der Waals surface area contributed by atoms with E-state index in [9.17, 15) is 19.5 Å². The van der Waals surface area contributed by atoms with Crippen molar-refractivity contribution < 1.29 is 33.7 Å². The van der Waals surface area contributed by atoms with E-state index in [1.165, 1.54) is 14.0 Å². The quantitative estimate of drug-likeness (QED) is 0.365. The van der Waals surface area contributed by atoms with Gasteiger partial charge in [-0.05, 0) is 48.2 Å². The number of benzene rings is 2. The van der Waals surface area contributed by atoms with Crippen molar-refractivity contribution in [3.63, 3.8) is 0 Å². The van der Waals surface area contributed by atoms with Gasteiger partial charge in [0.1, 0.15) is 0 Å². The minimum absolute atomic E-state index is 0.0347. The molecule has 0 aromatic heterocycles. The Bertz CT molecular complexity index is 1290. The van der Waals surface area contributed by atoms with Crippen molar-refractivity contribution in [3.8, 4) is 17.2 Å². The van der Waals surface area contributed by atoms with Crippen molar-refractivity contribution >= 4 is 23.5 Å². The maximum atomic E-state index is 14.0. The third kappa shape index (κ3) is 6.79. The van der Waals surface area contributed by atoms with E-state index < -0.39 is 23.8 Å². The van der Waals surface area contributed by atoms with E-state index >= 15 is 0 Å². The van der Waals surface area contributed by atoms with E-state index in [2.05, 4.69) is 6.92 Å². The number of aliphatic carboxylic acids is 1. The molecular formula is C31H42N4O7. The molecule has 2 amide bonds. The number of nitrogens with two attached hydrogens (primary N) is 1. The van der Waals surface area contributed by atoms with Crippen LogP contribution in [0.25, 0.3) is 0 Å². The van der Waals surface area contributed by atoms with Crippen LogP contribution in [0.4, 0.5) is 5.69 Å². The average Bonchev–Trinajstić information content (AvgIpc) is 3.60. The van der Waals surface area contributed by atoms with Gasteiger partial charge in [-0.3, -0.25) is 19.3 Å². The molecule has 0 spiro atoms. The maximum Gasteiger partial charge on any atom is 0.308 e. The number of carboxylic acids is 1. The smallest absolute Gasteiger partial charge is 0.308 e. The molecule has 4 rings (SSSR count). The van der Waals surface area contributed by atoms with Gasteiger partial charge in [0.2, 0.25) is 24.4 Å². The molecule has 2 aliphatic rings. The Balaban J connectivity index is 1.68. The zero-order valence-corrected chi connectivity index (χ0v) is 24.9. The summed E-state index contributed by atoms with van der Waals surface area (Å²) < 4.78 is 16.7. The summed E-state index contributed by atoms with van der Waals surface area (Å²) in [6.45, 7) is 5.25. The van der Waals surface area contributed by atoms with Gasteiger partial charge in [0.05, 0.1) is 19.6 Å². The number of rotatable bonds is 13. The summed E-state index contributed by atoms with van der Waals surface area (Å²) in [7, 11) is 3.22. The first-order valence-electron chi connectivity index (χ1n) is 14.4. The fourth-order valence-corrected chi connectivity index (χ4v) is 5.86. The predicted octanol–water partition coefficient (Wildman–Crippen LogP) is 3.05. The molecule has 0 aliphatic carbocycles. The summed E-state index contributed by atoms with van der Waals surface area (Å²) in [5.74, 6) is -0.993. The number of fused-ring (bicyclic) bond motifs is 1. The maximum absolute atomic E-state index is 14.0. The van der Waals surface area contributed by atoms with Crippen LogP contribution in [-0.2, 0) is 20.9 Å². The minimum atomic E-state index is -0.958. The van der Waals surface area contributed by atoms with Crippen LogP contribution in [0, 0.1) is 5.92 Å². The lowest BCUT2D eigenvalue weighted by atomic mass is 9.84. The molecule has 3 N–H and O–H groups in total. The lowest BCUT2D eigenvalue weighted by Crippen LogP contribution is -2.45. The summed E-state index contributed by atoms with van der Waals surface area (Å²) >= 11 is 0. The van der Waals surface area contributed by atoms with Crippen LogP contribution in [0.3, 0.4) is 0 Å². The normalized spacial score (nSPS) is 19.5. The number of nitrogens with zero attached hydrogens (tertiary/aromatic N) is 3.